The first-order chi connectivity index (χ1) is 8.61. The number of Topliss-reactive ketones (excluding diaryl/α,β-unsaturated/α-hetero) is 1. The van der Waals surface area contributed by atoms with E-state index < -0.39 is 11.9 Å². The summed E-state index contributed by atoms with van der Waals surface area (Å²) in [6.45, 7) is 3.84. The molecule has 0 aliphatic rings. The highest BCUT2D eigenvalue weighted by Gasteiger charge is 2.28. The van der Waals surface area contributed by atoms with Crippen molar-refractivity contribution < 1.29 is 14.3 Å². The van der Waals surface area contributed by atoms with E-state index in [1.807, 2.05) is 13.8 Å². The number of hydrogen-bond acceptors (Lipinski definition) is 4. The van der Waals surface area contributed by atoms with Crippen LogP contribution in [0.4, 0.5) is 0 Å². The number of aryl methyl sites for hydroxylation is 1. The fourth-order valence-electron chi connectivity index (χ4n) is 1.84. The maximum absolute atomic E-state index is 12.3. The molecule has 18 heavy (non-hydrogen) atoms. The first-order valence-electron chi connectivity index (χ1n) is 6.14. The SMILES string of the molecule is CCCCC(C(=O)OC)C(=O)c1ccncc1C. The lowest BCUT2D eigenvalue weighted by Gasteiger charge is -2.14. The molecule has 1 aromatic rings. The first kappa shape index (κ1) is 14.4. The number of aromatic nitrogens is 1. The summed E-state index contributed by atoms with van der Waals surface area (Å²) < 4.78 is 4.72. The van der Waals surface area contributed by atoms with Gasteiger partial charge in [-0.1, -0.05) is 19.8 Å². The molecule has 0 aliphatic carbocycles. The van der Waals surface area contributed by atoms with Crippen molar-refractivity contribution in [2.75, 3.05) is 7.11 Å². The first-order valence-corrected chi connectivity index (χ1v) is 6.14. The molecule has 0 saturated carbocycles. The van der Waals surface area contributed by atoms with Crippen LogP contribution in [0, 0.1) is 12.8 Å². The molecule has 1 rings (SSSR count). The van der Waals surface area contributed by atoms with Crippen molar-refractivity contribution in [3.63, 3.8) is 0 Å². The molecule has 0 fully saturated rings. The largest absolute Gasteiger partial charge is 0.468 e. The zero-order chi connectivity index (χ0) is 13.5. The van der Waals surface area contributed by atoms with Crippen LogP contribution in [0.25, 0.3) is 0 Å². The van der Waals surface area contributed by atoms with Gasteiger partial charge >= 0.3 is 5.97 Å². The molecular formula is C14H19NO3. The Hall–Kier alpha value is -1.71. The normalized spacial score (nSPS) is 11.9. The van der Waals surface area contributed by atoms with Crippen LogP contribution in [-0.2, 0) is 9.53 Å². The van der Waals surface area contributed by atoms with Crippen LogP contribution >= 0.6 is 0 Å². The molecule has 1 heterocycles. The van der Waals surface area contributed by atoms with Crippen LogP contribution in [-0.4, -0.2) is 23.8 Å². The van der Waals surface area contributed by atoms with E-state index in [1.54, 1.807) is 18.5 Å². The molecule has 0 bridgehead atoms. The van der Waals surface area contributed by atoms with Gasteiger partial charge in [-0.2, -0.15) is 0 Å². The van der Waals surface area contributed by atoms with Gasteiger partial charge in [0.05, 0.1) is 7.11 Å². The van der Waals surface area contributed by atoms with Crippen LogP contribution in [0.3, 0.4) is 0 Å². The van der Waals surface area contributed by atoms with Gasteiger partial charge in [0.25, 0.3) is 0 Å². The molecule has 1 aromatic heterocycles. The van der Waals surface area contributed by atoms with E-state index in [1.165, 1.54) is 7.11 Å². The maximum Gasteiger partial charge on any atom is 0.316 e. The van der Waals surface area contributed by atoms with E-state index in [4.69, 9.17) is 4.74 Å². The molecule has 0 radical (unpaired) electrons. The Morgan fingerprint density at radius 3 is 2.72 bits per heavy atom. The molecule has 0 aliphatic heterocycles. The molecule has 4 nitrogen and oxygen atoms in total. The Kier molecular flexibility index (Phi) is 5.49. The van der Waals surface area contributed by atoms with Gasteiger partial charge in [0, 0.05) is 18.0 Å². The molecule has 0 spiro atoms. The fraction of sp³-hybridized carbons (Fsp3) is 0.500. The number of ether oxygens (including phenoxy) is 1. The summed E-state index contributed by atoms with van der Waals surface area (Å²) in [4.78, 5) is 28.0. The minimum atomic E-state index is -0.698. The van der Waals surface area contributed by atoms with Gasteiger partial charge in [0.2, 0.25) is 0 Å². The molecule has 0 N–H and O–H groups in total. The highest BCUT2D eigenvalue weighted by atomic mass is 16.5. The zero-order valence-electron chi connectivity index (χ0n) is 11.1. The number of unbranched alkanes of at least 4 members (excludes halogenated alkanes) is 1. The third-order valence-electron chi connectivity index (χ3n) is 2.93. The lowest BCUT2D eigenvalue weighted by molar-refractivity contribution is -0.143. The monoisotopic (exact) mass is 249 g/mol. The van der Waals surface area contributed by atoms with E-state index >= 15 is 0 Å². The van der Waals surface area contributed by atoms with Crippen molar-refractivity contribution in [3.05, 3.63) is 29.6 Å². The van der Waals surface area contributed by atoms with Gasteiger partial charge in [0.1, 0.15) is 5.92 Å². The quantitative estimate of drug-likeness (QED) is 0.441. The summed E-state index contributed by atoms with van der Waals surface area (Å²) in [5.74, 6) is -1.32. The van der Waals surface area contributed by atoms with E-state index in [0.717, 1.165) is 18.4 Å². The average Bonchev–Trinajstić information content (AvgIpc) is 2.39. The number of hydrogen-bond donors (Lipinski definition) is 0. The number of rotatable bonds is 6. The maximum atomic E-state index is 12.3. The van der Waals surface area contributed by atoms with Gasteiger partial charge < -0.3 is 4.74 Å². The smallest absolute Gasteiger partial charge is 0.316 e. The second-order valence-electron chi connectivity index (χ2n) is 4.27. The number of carbonyl (C=O) groups excluding carboxylic acids is 2. The minimum Gasteiger partial charge on any atom is -0.468 e. The van der Waals surface area contributed by atoms with Gasteiger partial charge in [-0.25, -0.2) is 0 Å². The predicted octanol–water partition coefficient (Wildman–Crippen LogP) is 2.55. The number of methoxy groups -OCH3 is 1. The Morgan fingerprint density at radius 2 is 2.17 bits per heavy atom. The third kappa shape index (κ3) is 3.39. The number of carbonyl (C=O) groups is 2. The van der Waals surface area contributed by atoms with Gasteiger partial charge in [0.15, 0.2) is 5.78 Å². The summed E-state index contributed by atoms with van der Waals surface area (Å²) in [5, 5.41) is 0. The fourth-order valence-corrected chi connectivity index (χ4v) is 1.84. The topological polar surface area (TPSA) is 56.3 Å². The molecule has 4 heteroatoms. The predicted molar refractivity (Wildman–Crippen MR) is 68.3 cm³/mol. The van der Waals surface area contributed by atoms with E-state index in [9.17, 15) is 9.59 Å². The van der Waals surface area contributed by atoms with Crippen LogP contribution in [0.5, 0.6) is 0 Å². The Balaban J connectivity index is 2.95. The number of nitrogens with zero attached hydrogens (tertiary/aromatic N) is 1. The van der Waals surface area contributed by atoms with Gasteiger partial charge in [-0.15, -0.1) is 0 Å². The Morgan fingerprint density at radius 1 is 1.44 bits per heavy atom. The summed E-state index contributed by atoms with van der Waals surface area (Å²) in [5.41, 5.74) is 1.34. The van der Waals surface area contributed by atoms with Crippen molar-refractivity contribution in [1.82, 2.24) is 4.98 Å². The van der Waals surface area contributed by atoms with Gasteiger partial charge in [-0.05, 0) is 25.0 Å². The van der Waals surface area contributed by atoms with Crippen LogP contribution in [0.15, 0.2) is 18.5 Å². The van der Waals surface area contributed by atoms with E-state index in [0.29, 0.717) is 12.0 Å². The van der Waals surface area contributed by atoms with Crippen molar-refractivity contribution >= 4 is 11.8 Å². The molecule has 0 aromatic carbocycles. The van der Waals surface area contributed by atoms with Gasteiger partial charge in [-0.3, -0.25) is 14.6 Å². The van der Waals surface area contributed by atoms with Crippen LogP contribution in [0.1, 0.15) is 42.1 Å². The number of pyridine rings is 1. The summed E-state index contributed by atoms with van der Waals surface area (Å²) >= 11 is 0. The number of ketones is 1. The summed E-state index contributed by atoms with van der Waals surface area (Å²) in [7, 11) is 1.31. The van der Waals surface area contributed by atoms with Crippen molar-refractivity contribution in [2.24, 2.45) is 5.92 Å². The van der Waals surface area contributed by atoms with Crippen molar-refractivity contribution in [3.8, 4) is 0 Å². The minimum absolute atomic E-state index is 0.171. The van der Waals surface area contributed by atoms with Crippen LogP contribution < -0.4 is 0 Å². The molecule has 1 atom stereocenters. The molecule has 0 saturated heterocycles. The summed E-state index contributed by atoms with van der Waals surface area (Å²) in [6, 6.07) is 1.65. The number of esters is 1. The standard InChI is InChI=1S/C14H19NO3/c1-4-5-6-12(14(17)18-3)13(16)11-7-8-15-9-10(11)2/h7-9,12H,4-6H2,1-3H3. The Bertz CT molecular complexity index is 429. The lowest BCUT2D eigenvalue weighted by atomic mass is 9.91. The highest BCUT2D eigenvalue weighted by molar-refractivity contribution is 6.09. The van der Waals surface area contributed by atoms with E-state index in [2.05, 4.69) is 4.98 Å². The van der Waals surface area contributed by atoms with Crippen molar-refractivity contribution in [1.29, 1.82) is 0 Å². The zero-order valence-corrected chi connectivity index (χ0v) is 11.1. The second kappa shape index (κ2) is 6.89. The molecule has 0 amide bonds. The molecular weight excluding hydrogens is 230 g/mol. The average molecular weight is 249 g/mol. The van der Waals surface area contributed by atoms with E-state index in [-0.39, 0.29) is 5.78 Å². The van der Waals surface area contributed by atoms with Crippen LogP contribution in [0.2, 0.25) is 0 Å². The lowest BCUT2D eigenvalue weighted by Crippen LogP contribution is -2.26. The highest BCUT2D eigenvalue weighted by Crippen LogP contribution is 2.18. The molecule has 1 unspecified atom stereocenters. The van der Waals surface area contributed by atoms with Crippen molar-refractivity contribution in [2.45, 2.75) is 33.1 Å². The Labute approximate surface area is 107 Å². The third-order valence-corrected chi connectivity index (χ3v) is 2.93. The molecule has 98 valence electrons. The second-order valence-corrected chi connectivity index (χ2v) is 4.27. The summed E-state index contributed by atoms with van der Waals surface area (Å²) in [6.07, 6.45) is 5.49.